The summed E-state index contributed by atoms with van der Waals surface area (Å²) in [4.78, 5) is 11.8. The van der Waals surface area contributed by atoms with Crippen LogP contribution in [-0.2, 0) is 0 Å². The van der Waals surface area contributed by atoms with Crippen molar-refractivity contribution in [2.45, 2.75) is 26.1 Å². The summed E-state index contributed by atoms with van der Waals surface area (Å²) in [5.41, 5.74) is 2.52. The molecule has 2 nitrogen and oxygen atoms in total. The largest absolute Gasteiger partial charge is 0.497 e. The lowest BCUT2D eigenvalue weighted by molar-refractivity contribution is 0.0990. The van der Waals surface area contributed by atoms with Crippen molar-refractivity contribution < 1.29 is 9.53 Å². The first-order valence-electron chi connectivity index (χ1n) is 4.81. The number of rotatable bonds is 3. The van der Waals surface area contributed by atoms with Gasteiger partial charge in [-0.05, 0) is 44.0 Å². The van der Waals surface area contributed by atoms with Crippen LogP contribution in [0.1, 0.15) is 28.4 Å². The molecule has 82 valence electrons. The average molecular weight is 227 g/mol. The Balaban J connectivity index is 3.25. The van der Waals surface area contributed by atoms with Crippen molar-refractivity contribution in [2.75, 3.05) is 7.11 Å². The van der Waals surface area contributed by atoms with Crippen molar-refractivity contribution in [3.05, 3.63) is 28.8 Å². The highest BCUT2D eigenvalue weighted by molar-refractivity contribution is 6.34. The summed E-state index contributed by atoms with van der Waals surface area (Å²) in [6.07, 6.45) is 0. The highest BCUT2D eigenvalue weighted by Gasteiger charge is 2.17. The highest BCUT2D eigenvalue weighted by atomic mass is 35.5. The van der Waals surface area contributed by atoms with Crippen molar-refractivity contribution in [3.8, 4) is 5.75 Å². The number of alkyl halides is 1. The number of Topliss-reactive ketones (excluding diaryl/α,β-unsaturated/α-hetero) is 1. The zero-order valence-electron chi connectivity index (χ0n) is 9.43. The van der Waals surface area contributed by atoms with Crippen LogP contribution in [0.15, 0.2) is 12.1 Å². The van der Waals surface area contributed by atoms with Gasteiger partial charge < -0.3 is 4.74 Å². The van der Waals surface area contributed by atoms with E-state index >= 15 is 0 Å². The van der Waals surface area contributed by atoms with Crippen molar-refractivity contribution in [2.24, 2.45) is 0 Å². The first-order valence-corrected chi connectivity index (χ1v) is 5.24. The van der Waals surface area contributed by atoms with Crippen LogP contribution in [0, 0.1) is 13.8 Å². The second-order valence-corrected chi connectivity index (χ2v) is 4.27. The lowest BCUT2D eigenvalue weighted by Crippen LogP contribution is -2.14. The number of ketones is 1. The number of hydrogen-bond donors (Lipinski definition) is 0. The van der Waals surface area contributed by atoms with Crippen LogP contribution in [0.5, 0.6) is 5.75 Å². The Morgan fingerprint density at radius 2 is 1.80 bits per heavy atom. The second-order valence-electron chi connectivity index (χ2n) is 3.62. The normalized spacial score (nSPS) is 12.3. The van der Waals surface area contributed by atoms with E-state index in [1.807, 2.05) is 26.0 Å². The molecule has 0 N–H and O–H groups in total. The van der Waals surface area contributed by atoms with Crippen molar-refractivity contribution in [1.82, 2.24) is 0 Å². The summed E-state index contributed by atoms with van der Waals surface area (Å²) >= 11 is 5.80. The molecule has 0 saturated heterocycles. The van der Waals surface area contributed by atoms with Gasteiger partial charge in [0, 0.05) is 5.56 Å². The van der Waals surface area contributed by atoms with Crippen molar-refractivity contribution in [3.63, 3.8) is 0 Å². The van der Waals surface area contributed by atoms with Crippen LogP contribution in [0.3, 0.4) is 0 Å². The summed E-state index contributed by atoms with van der Waals surface area (Å²) in [6.45, 7) is 5.47. The summed E-state index contributed by atoms with van der Waals surface area (Å²) in [7, 11) is 1.61. The predicted molar refractivity (Wildman–Crippen MR) is 62.1 cm³/mol. The Labute approximate surface area is 95.2 Å². The number of benzene rings is 1. The Morgan fingerprint density at radius 1 is 1.33 bits per heavy atom. The monoisotopic (exact) mass is 226 g/mol. The molecule has 15 heavy (non-hydrogen) atoms. The number of hydrogen-bond acceptors (Lipinski definition) is 2. The maximum absolute atomic E-state index is 11.8. The summed E-state index contributed by atoms with van der Waals surface area (Å²) in [5.74, 6) is 0.734. The number of carbonyl (C=O) groups is 1. The molecule has 0 heterocycles. The molecule has 0 aromatic heterocycles. The van der Waals surface area contributed by atoms with E-state index in [1.165, 1.54) is 0 Å². The highest BCUT2D eigenvalue weighted by Crippen LogP contribution is 2.23. The van der Waals surface area contributed by atoms with E-state index in [0.29, 0.717) is 5.56 Å². The third-order valence-corrected chi connectivity index (χ3v) is 2.55. The molecule has 0 radical (unpaired) electrons. The molecule has 1 unspecified atom stereocenters. The van der Waals surface area contributed by atoms with E-state index in [1.54, 1.807) is 14.0 Å². The molecule has 0 aliphatic heterocycles. The van der Waals surface area contributed by atoms with Crippen LogP contribution >= 0.6 is 11.6 Å². The van der Waals surface area contributed by atoms with E-state index < -0.39 is 5.38 Å². The van der Waals surface area contributed by atoms with Crippen LogP contribution in [0.2, 0.25) is 0 Å². The fourth-order valence-corrected chi connectivity index (χ4v) is 1.74. The van der Waals surface area contributed by atoms with Gasteiger partial charge in [0.05, 0.1) is 12.5 Å². The topological polar surface area (TPSA) is 26.3 Å². The standard InChI is InChI=1S/C12H15ClO2/c1-7-5-10(15-4)6-8(2)11(7)12(14)9(3)13/h5-6,9H,1-4H3. The van der Waals surface area contributed by atoms with Crippen LogP contribution < -0.4 is 4.74 Å². The zero-order chi connectivity index (χ0) is 11.6. The average Bonchev–Trinajstić information content (AvgIpc) is 2.16. The summed E-state index contributed by atoms with van der Waals surface area (Å²) in [5, 5.41) is -0.490. The number of halogens is 1. The quantitative estimate of drug-likeness (QED) is 0.585. The molecule has 0 aliphatic carbocycles. The molecule has 3 heteroatoms. The minimum Gasteiger partial charge on any atom is -0.497 e. The maximum atomic E-state index is 11.8. The Hall–Kier alpha value is -1.02. The Morgan fingerprint density at radius 3 is 2.13 bits per heavy atom. The zero-order valence-corrected chi connectivity index (χ0v) is 10.2. The van der Waals surface area contributed by atoms with E-state index in [2.05, 4.69) is 0 Å². The Bertz CT molecular complexity index is 360. The molecule has 1 atom stereocenters. The minimum atomic E-state index is -0.490. The van der Waals surface area contributed by atoms with Gasteiger partial charge in [-0.3, -0.25) is 4.79 Å². The first kappa shape index (κ1) is 12.1. The molecular weight excluding hydrogens is 212 g/mol. The molecule has 1 rings (SSSR count). The van der Waals surface area contributed by atoms with Gasteiger partial charge in [0.2, 0.25) is 0 Å². The van der Waals surface area contributed by atoms with Gasteiger partial charge in [-0.25, -0.2) is 0 Å². The second kappa shape index (κ2) is 4.67. The summed E-state index contributed by atoms with van der Waals surface area (Å²) in [6, 6.07) is 3.69. The van der Waals surface area contributed by atoms with Crippen molar-refractivity contribution in [1.29, 1.82) is 0 Å². The van der Waals surface area contributed by atoms with Gasteiger partial charge in [0.1, 0.15) is 5.75 Å². The molecule has 0 aliphatic rings. The SMILES string of the molecule is COc1cc(C)c(C(=O)C(C)Cl)c(C)c1. The van der Waals surface area contributed by atoms with E-state index in [0.717, 1.165) is 16.9 Å². The molecule has 0 amide bonds. The maximum Gasteiger partial charge on any atom is 0.180 e. The van der Waals surface area contributed by atoms with E-state index in [-0.39, 0.29) is 5.78 Å². The molecule has 1 aromatic rings. The van der Waals surface area contributed by atoms with Crippen LogP contribution in [-0.4, -0.2) is 18.3 Å². The smallest absolute Gasteiger partial charge is 0.180 e. The van der Waals surface area contributed by atoms with Gasteiger partial charge in [-0.2, -0.15) is 0 Å². The van der Waals surface area contributed by atoms with Gasteiger partial charge in [0.15, 0.2) is 5.78 Å². The lowest BCUT2D eigenvalue weighted by atomic mass is 9.97. The van der Waals surface area contributed by atoms with Crippen LogP contribution in [0.25, 0.3) is 0 Å². The molecule has 0 bridgehead atoms. The molecule has 0 fully saturated rings. The van der Waals surface area contributed by atoms with Gasteiger partial charge >= 0.3 is 0 Å². The number of carbonyl (C=O) groups excluding carboxylic acids is 1. The van der Waals surface area contributed by atoms with Crippen LogP contribution in [0.4, 0.5) is 0 Å². The number of methoxy groups -OCH3 is 1. The third-order valence-electron chi connectivity index (χ3n) is 2.35. The molecule has 1 aromatic carbocycles. The van der Waals surface area contributed by atoms with E-state index in [9.17, 15) is 4.79 Å². The van der Waals surface area contributed by atoms with E-state index in [4.69, 9.17) is 16.3 Å². The Kier molecular flexibility index (Phi) is 3.75. The lowest BCUT2D eigenvalue weighted by Gasteiger charge is -2.12. The van der Waals surface area contributed by atoms with Gasteiger partial charge in [0.25, 0.3) is 0 Å². The molecule has 0 saturated carbocycles. The molecule has 0 spiro atoms. The first-order chi connectivity index (χ1) is 6.97. The number of ether oxygens (including phenoxy) is 1. The molecular formula is C12H15ClO2. The number of aryl methyl sites for hydroxylation is 2. The summed E-state index contributed by atoms with van der Waals surface area (Å²) < 4.78 is 5.13. The van der Waals surface area contributed by atoms with Crippen molar-refractivity contribution >= 4 is 17.4 Å². The van der Waals surface area contributed by atoms with Gasteiger partial charge in [-0.1, -0.05) is 0 Å². The fraction of sp³-hybridized carbons (Fsp3) is 0.417. The predicted octanol–water partition coefficient (Wildman–Crippen LogP) is 3.12. The minimum absolute atomic E-state index is 0.0330. The third kappa shape index (κ3) is 2.51. The fourth-order valence-electron chi connectivity index (χ4n) is 1.63. The van der Waals surface area contributed by atoms with Gasteiger partial charge in [-0.15, -0.1) is 11.6 Å².